The largest absolute Gasteiger partial charge is 0.444 e. The molecule has 2 bridgehead atoms. The maximum absolute atomic E-state index is 13.2. The Morgan fingerprint density at radius 1 is 0.929 bits per heavy atom. The van der Waals surface area contributed by atoms with Crippen molar-refractivity contribution < 1.29 is 14.3 Å². The highest BCUT2D eigenvalue weighted by Gasteiger charge is 2.44. The Kier molecular flexibility index (Phi) is 5.62. The van der Waals surface area contributed by atoms with E-state index in [4.69, 9.17) is 4.74 Å². The van der Waals surface area contributed by atoms with Crippen LogP contribution >= 0.6 is 0 Å². The lowest BCUT2D eigenvalue weighted by Crippen LogP contribution is -2.56. The number of ketones is 1. The summed E-state index contributed by atoms with van der Waals surface area (Å²) in [6.45, 7) is 12.2. The number of ether oxygens (including phenoxy) is 1. The molecular formula is C24H35NO3. The van der Waals surface area contributed by atoms with Crippen LogP contribution in [0.25, 0.3) is 0 Å². The number of nitrogens with zero attached hydrogens (tertiary/aromatic N) is 1. The van der Waals surface area contributed by atoms with Crippen molar-refractivity contribution in [2.45, 2.75) is 96.7 Å². The molecule has 1 aromatic carbocycles. The van der Waals surface area contributed by atoms with Gasteiger partial charge in [0, 0.05) is 23.6 Å². The van der Waals surface area contributed by atoms with Gasteiger partial charge in [0.15, 0.2) is 5.78 Å². The predicted molar refractivity (Wildman–Crippen MR) is 112 cm³/mol. The quantitative estimate of drug-likeness (QED) is 0.610. The van der Waals surface area contributed by atoms with Gasteiger partial charge in [-0.05, 0) is 63.9 Å². The molecule has 2 heterocycles. The number of hydrogen-bond acceptors (Lipinski definition) is 3. The average molecular weight is 386 g/mol. The van der Waals surface area contributed by atoms with Crippen molar-refractivity contribution in [1.29, 1.82) is 0 Å². The second kappa shape index (κ2) is 7.53. The second-order valence-electron chi connectivity index (χ2n) is 10.5. The standard InChI is InChI=1S/C24H35NO3/c1-23(2,3)18-12-10-16(11-13-18)21(26)17-14-19-8-7-9-20(15-17)25(19)22(27)28-24(4,5)6/h10-13,17,19-20H,7-9,14-15H2,1-6H3. The van der Waals surface area contributed by atoms with E-state index in [2.05, 4.69) is 32.9 Å². The first-order chi connectivity index (χ1) is 13.0. The molecule has 28 heavy (non-hydrogen) atoms. The van der Waals surface area contributed by atoms with Crippen molar-refractivity contribution in [2.75, 3.05) is 0 Å². The molecule has 2 aliphatic heterocycles. The highest BCUT2D eigenvalue weighted by molar-refractivity contribution is 5.98. The van der Waals surface area contributed by atoms with Crippen LogP contribution in [-0.2, 0) is 10.2 Å². The van der Waals surface area contributed by atoms with Crippen LogP contribution in [0, 0.1) is 5.92 Å². The molecule has 2 unspecified atom stereocenters. The molecule has 0 spiro atoms. The summed E-state index contributed by atoms with van der Waals surface area (Å²) in [4.78, 5) is 27.8. The molecule has 0 saturated carbocycles. The molecule has 4 nitrogen and oxygen atoms in total. The van der Waals surface area contributed by atoms with Crippen LogP contribution in [0.3, 0.4) is 0 Å². The van der Waals surface area contributed by atoms with Gasteiger partial charge in [-0.3, -0.25) is 4.79 Å². The van der Waals surface area contributed by atoms with Gasteiger partial charge in [-0.25, -0.2) is 4.79 Å². The minimum Gasteiger partial charge on any atom is -0.444 e. The first-order valence-corrected chi connectivity index (χ1v) is 10.6. The third-order valence-corrected chi connectivity index (χ3v) is 5.99. The molecule has 2 atom stereocenters. The Labute approximate surface area is 169 Å². The fourth-order valence-corrected chi connectivity index (χ4v) is 4.58. The maximum atomic E-state index is 13.2. The third-order valence-electron chi connectivity index (χ3n) is 5.99. The Morgan fingerprint density at radius 3 is 1.93 bits per heavy atom. The van der Waals surface area contributed by atoms with E-state index < -0.39 is 5.60 Å². The molecule has 0 aliphatic carbocycles. The van der Waals surface area contributed by atoms with E-state index in [0.717, 1.165) is 37.7 Å². The zero-order valence-corrected chi connectivity index (χ0v) is 18.2. The fraction of sp³-hybridized carbons (Fsp3) is 0.667. The van der Waals surface area contributed by atoms with Crippen LogP contribution in [0.2, 0.25) is 0 Å². The number of piperidine rings is 2. The van der Waals surface area contributed by atoms with Gasteiger partial charge < -0.3 is 9.64 Å². The maximum Gasteiger partial charge on any atom is 0.410 e. The molecule has 0 radical (unpaired) electrons. The van der Waals surface area contributed by atoms with E-state index in [0.29, 0.717) is 0 Å². The highest BCUT2D eigenvalue weighted by Crippen LogP contribution is 2.39. The topological polar surface area (TPSA) is 46.6 Å². The van der Waals surface area contributed by atoms with Gasteiger partial charge in [0.1, 0.15) is 5.60 Å². The molecule has 3 rings (SSSR count). The zero-order valence-electron chi connectivity index (χ0n) is 18.2. The van der Waals surface area contributed by atoms with Crippen LogP contribution in [0.1, 0.15) is 89.6 Å². The van der Waals surface area contributed by atoms with Gasteiger partial charge >= 0.3 is 6.09 Å². The Balaban J connectivity index is 1.73. The molecule has 4 heteroatoms. The van der Waals surface area contributed by atoms with Crippen LogP contribution < -0.4 is 0 Å². The molecule has 2 saturated heterocycles. The summed E-state index contributed by atoms with van der Waals surface area (Å²) in [5.74, 6) is 0.218. The monoisotopic (exact) mass is 385 g/mol. The smallest absolute Gasteiger partial charge is 0.410 e. The van der Waals surface area contributed by atoms with Gasteiger partial charge in [-0.2, -0.15) is 0 Å². The van der Waals surface area contributed by atoms with Crippen molar-refractivity contribution in [1.82, 2.24) is 4.90 Å². The minimum absolute atomic E-state index is 0.00512. The van der Waals surface area contributed by atoms with Gasteiger partial charge in [0.2, 0.25) is 0 Å². The summed E-state index contributed by atoms with van der Waals surface area (Å²) in [6, 6.07) is 8.32. The van der Waals surface area contributed by atoms with E-state index >= 15 is 0 Å². The fourth-order valence-electron chi connectivity index (χ4n) is 4.58. The number of carbonyl (C=O) groups is 2. The summed E-state index contributed by atoms with van der Waals surface area (Å²) in [7, 11) is 0. The molecule has 0 aromatic heterocycles. The number of amides is 1. The Bertz CT molecular complexity index is 710. The van der Waals surface area contributed by atoms with Crippen molar-refractivity contribution in [3.8, 4) is 0 Å². The number of fused-ring (bicyclic) bond motifs is 2. The molecule has 154 valence electrons. The van der Waals surface area contributed by atoms with E-state index in [1.165, 1.54) is 5.56 Å². The van der Waals surface area contributed by atoms with Crippen molar-refractivity contribution >= 4 is 11.9 Å². The second-order valence-corrected chi connectivity index (χ2v) is 10.5. The Hall–Kier alpha value is -1.84. The minimum atomic E-state index is -0.493. The summed E-state index contributed by atoms with van der Waals surface area (Å²) in [6.07, 6.45) is 4.31. The molecule has 2 fully saturated rings. The van der Waals surface area contributed by atoms with Crippen LogP contribution in [-0.4, -0.2) is 34.5 Å². The van der Waals surface area contributed by atoms with Crippen molar-refractivity contribution in [2.24, 2.45) is 5.92 Å². The molecule has 2 aliphatic rings. The molecule has 0 N–H and O–H groups in total. The Morgan fingerprint density at radius 2 is 1.46 bits per heavy atom. The number of hydrogen-bond donors (Lipinski definition) is 0. The SMILES string of the molecule is CC(C)(C)OC(=O)N1C2CCCC1CC(C(=O)c1ccc(C(C)(C)C)cc1)C2. The van der Waals surface area contributed by atoms with Crippen molar-refractivity contribution in [3.05, 3.63) is 35.4 Å². The van der Waals surface area contributed by atoms with E-state index in [1.54, 1.807) is 0 Å². The molecular weight excluding hydrogens is 350 g/mol. The van der Waals surface area contributed by atoms with Crippen LogP contribution in [0.15, 0.2) is 24.3 Å². The van der Waals surface area contributed by atoms with Crippen LogP contribution in [0.5, 0.6) is 0 Å². The average Bonchev–Trinajstić information content (AvgIpc) is 2.57. The zero-order chi connectivity index (χ0) is 20.7. The van der Waals surface area contributed by atoms with E-state index in [-0.39, 0.29) is 35.3 Å². The van der Waals surface area contributed by atoms with E-state index in [1.807, 2.05) is 37.8 Å². The number of Topliss-reactive ketones (excluding diaryl/α,β-unsaturated/α-hetero) is 1. The van der Waals surface area contributed by atoms with E-state index in [9.17, 15) is 9.59 Å². The van der Waals surface area contributed by atoms with Gasteiger partial charge in [-0.15, -0.1) is 0 Å². The summed E-state index contributed by atoms with van der Waals surface area (Å²) < 4.78 is 5.64. The number of carbonyl (C=O) groups excluding carboxylic acids is 2. The lowest BCUT2D eigenvalue weighted by Gasteiger charge is -2.48. The van der Waals surface area contributed by atoms with Crippen LogP contribution in [0.4, 0.5) is 4.79 Å². The predicted octanol–water partition coefficient (Wildman–Crippen LogP) is 5.74. The summed E-state index contributed by atoms with van der Waals surface area (Å²) >= 11 is 0. The summed E-state index contributed by atoms with van der Waals surface area (Å²) in [5, 5.41) is 0. The molecule has 1 aromatic rings. The number of benzene rings is 1. The lowest BCUT2D eigenvalue weighted by atomic mass is 9.75. The normalized spacial score (nSPS) is 25.4. The highest BCUT2D eigenvalue weighted by atomic mass is 16.6. The van der Waals surface area contributed by atoms with Gasteiger partial charge in [-0.1, -0.05) is 45.0 Å². The van der Waals surface area contributed by atoms with Gasteiger partial charge in [0.25, 0.3) is 0 Å². The lowest BCUT2D eigenvalue weighted by molar-refractivity contribution is -0.0260. The summed E-state index contributed by atoms with van der Waals surface area (Å²) in [5.41, 5.74) is 1.62. The first-order valence-electron chi connectivity index (χ1n) is 10.6. The van der Waals surface area contributed by atoms with Gasteiger partial charge in [0.05, 0.1) is 0 Å². The molecule has 1 amide bonds. The number of rotatable bonds is 2. The third kappa shape index (κ3) is 4.59. The van der Waals surface area contributed by atoms with Crippen molar-refractivity contribution in [3.63, 3.8) is 0 Å². The first kappa shape index (κ1) is 20.9.